The van der Waals surface area contributed by atoms with E-state index in [0.29, 0.717) is 11.6 Å². The Labute approximate surface area is 167 Å². The zero-order valence-electron chi connectivity index (χ0n) is 14.0. The van der Waals surface area contributed by atoms with Crippen LogP contribution < -0.4 is 10.0 Å². The lowest BCUT2D eigenvalue weighted by Gasteiger charge is -2.10. The van der Waals surface area contributed by atoms with Crippen molar-refractivity contribution in [3.05, 3.63) is 63.6 Å². The monoisotopic (exact) mass is 432 g/mol. The van der Waals surface area contributed by atoms with Crippen LogP contribution in [0.1, 0.15) is 15.9 Å². The third kappa shape index (κ3) is 7.07. The first-order chi connectivity index (χ1) is 12.2. The summed E-state index contributed by atoms with van der Waals surface area (Å²) in [5, 5.41) is 3.74. The molecule has 5 nitrogen and oxygen atoms in total. The van der Waals surface area contributed by atoms with Crippen molar-refractivity contribution in [3.63, 3.8) is 0 Å². The minimum absolute atomic E-state index is 0.222. The molecular weight excluding hydrogens is 415 g/mol. The molecule has 0 aliphatic carbocycles. The second-order valence-electron chi connectivity index (χ2n) is 5.51. The summed E-state index contributed by atoms with van der Waals surface area (Å²) in [4.78, 5) is 12.3. The van der Waals surface area contributed by atoms with Gasteiger partial charge in [-0.05, 0) is 35.9 Å². The molecule has 0 bridgehead atoms. The number of rotatable bonds is 8. The molecule has 2 rings (SSSR count). The van der Waals surface area contributed by atoms with E-state index in [2.05, 4.69) is 10.0 Å². The number of nitrogens with one attached hydrogen (secondary N) is 2. The summed E-state index contributed by atoms with van der Waals surface area (Å²) >= 11 is 13.7. The van der Waals surface area contributed by atoms with Crippen LogP contribution >= 0.6 is 35.0 Å². The lowest BCUT2D eigenvalue weighted by atomic mass is 10.2. The molecule has 0 saturated carbocycles. The quantitative estimate of drug-likeness (QED) is 0.617. The Hall–Kier alpha value is -1.41. The van der Waals surface area contributed by atoms with Crippen LogP contribution in [0.2, 0.25) is 10.0 Å². The zero-order chi connectivity index (χ0) is 19.2. The number of amides is 1. The maximum atomic E-state index is 12.3. The largest absolute Gasteiger partial charge is 0.351 e. The van der Waals surface area contributed by atoms with Crippen LogP contribution in [0.25, 0.3) is 0 Å². The van der Waals surface area contributed by atoms with E-state index in [1.54, 1.807) is 11.8 Å². The molecule has 0 radical (unpaired) electrons. The molecule has 9 heteroatoms. The highest BCUT2D eigenvalue weighted by molar-refractivity contribution is 7.98. The highest BCUT2D eigenvalue weighted by Gasteiger charge is 2.12. The van der Waals surface area contributed by atoms with Crippen molar-refractivity contribution in [2.75, 3.05) is 23.3 Å². The summed E-state index contributed by atoms with van der Waals surface area (Å²) in [5.41, 5.74) is 1.63. The van der Waals surface area contributed by atoms with E-state index in [-0.39, 0.29) is 22.2 Å². The molecule has 0 aliphatic rings. The summed E-state index contributed by atoms with van der Waals surface area (Å²) in [7, 11) is -3.42. The fourth-order valence-electron chi connectivity index (χ4n) is 2.13. The normalized spacial score (nSPS) is 11.2. The van der Waals surface area contributed by atoms with Crippen LogP contribution in [0.5, 0.6) is 0 Å². The summed E-state index contributed by atoms with van der Waals surface area (Å²) < 4.78 is 24.9. The van der Waals surface area contributed by atoms with Crippen molar-refractivity contribution in [1.29, 1.82) is 0 Å². The van der Waals surface area contributed by atoms with Crippen molar-refractivity contribution in [2.24, 2.45) is 0 Å². The highest BCUT2D eigenvalue weighted by atomic mass is 35.5. The molecule has 0 aliphatic heterocycles. The molecule has 0 fully saturated rings. The molecule has 0 atom stereocenters. The number of hydrogen-bond donors (Lipinski definition) is 2. The van der Waals surface area contributed by atoms with Gasteiger partial charge in [-0.15, -0.1) is 0 Å². The molecule has 2 aromatic carbocycles. The third-order valence-electron chi connectivity index (χ3n) is 3.20. The van der Waals surface area contributed by atoms with Crippen LogP contribution in [0, 0.1) is 0 Å². The minimum atomic E-state index is -3.42. The van der Waals surface area contributed by atoms with Crippen molar-refractivity contribution in [2.45, 2.75) is 5.75 Å². The van der Waals surface area contributed by atoms with Crippen molar-refractivity contribution >= 4 is 56.6 Å². The molecule has 0 aromatic heterocycles. The predicted octanol–water partition coefficient (Wildman–Crippen LogP) is 4.03. The van der Waals surface area contributed by atoms with E-state index in [1.165, 1.54) is 18.2 Å². The van der Waals surface area contributed by atoms with E-state index in [9.17, 15) is 13.2 Å². The molecule has 26 heavy (non-hydrogen) atoms. The van der Waals surface area contributed by atoms with E-state index in [4.69, 9.17) is 23.2 Å². The van der Waals surface area contributed by atoms with Gasteiger partial charge in [-0.1, -0.05) is 35.3 Å². The van der Waals surface area contributed by atoms with Gasteiger partial charge in [0.1, 0.15) is 0 Å². The van der Waals surface area contributed by atoms with Crippen LogP contribution in [0.3, 0.4) is 0 Å². The van der Waals surface area contributed by atoms with Gasteiger partial charge in [-0.2, -0.15) is 11.8 Å². The van der Waals surface area contributed by atoms with Crippen LogP contribution in [0.15, 0.2) is 42.5 Å². The van der Waals surface area contributed by atoms with E-state index in [1.807, 2.05) is 24.3 Å². The average Bonchev–Trinajstić information content (AvgIpc) is 2.55. The average molecular weight is 433 g/mol. The van der Waals surface area contributed by atoms with E-state index >= 15 is 0 Å². The van der Waals surface area contributed by atoms with Gasteiger partial charge in [0.05, 0.1) is 16.8 Å². The highest BCUT2D eigenvalue weighted by Crippen LogP contribution is 2.21. The summed E-state index contributed by atoms with van der Waals surface area (Å²) in [6.07, 6.45) is 1.04. The maximum absolute atomic E-state index is 12.3. The van der Waals surface area contributed by atoms with E-state index in [0.717, 1.165) is 23.3 Å². The number of anilines is 1. The fourth-order valence-corrected chi connectivity index (χ4v) is 3.90. The standard InChI is InChI=1S/C17H18Cl2N2O3S2/c1-26(23,24)21-14-5-6-16(19)15(10-14)17(22)20-7-8-25-11-12-3-2-4-13(18)9-12/h2-6,9-10,21H,7-8,11H2,1H3,(H,20,22). The van der Waals surface area contributed by atoms with Gasteiger partial charge < -0.3 is 5.32 Å². The number of hydrogen-bond acceptors (Lipinski definition) is 4. The van der Waals surface area contributed by atoms with Gasteiger partial charge in [-0.25, -0.2) is 8.42 Å². The van der Waals surface area contributed by atoms with Gasteiger partial charge in [0.15, 0.2) is 0 Å². The first kappa shape index (κ1) is 20.9. The van der Waals surface area contributed by atoms with Crippen molar-refractivity contribution in [3.8, 4) is 0 Å². The number of carbonyl (C=O) groups excluding carboxylic acids is 1. The molecular formula is C17H18Cl2N2O3S2. The van der Waals surface area contributed by atoms with Crippen molar-refractivity contribution < 1.29 is 13.2 Å². The Balaban J connectivity index is 1.84. The lowest BCUT2D eigenvalue weighted by Crippen LogP contribution is -2.26. The predicted molar refractivity (Wildman–Crippen MR) is 110 cm³/mol. The molecule has 2 N–H and O–H groups in total. The number of halogens is 2. The minimum Gasteiger partial charge on any atom is -0.351 e. The second-order valence-corrected chi connectivity index (χ2v) is 9.20. The zero-order valence-corrected chi connectivity index (χ0v) is 17.1. The summed E-state index contributed by atoms with van der Waals surface area (Å²) in [6.45, 7) is 0.462. The first-order valence-corrected chi connectivity index (χ1v) is 11.4. The lowest BCUT2D eigenvalue weighted by molar-refractivity contribution is 0.0956. The summed E-state index contributed by atoms with van der Waals surface area (Å²) in [5.74, 6) is 1.16. The van der Waals surface area contributed by atoms with Crippen LogP contribution in [0.4, 0.5) is 5.69 Å². The summed E-state index contributed by atoms with van der Waals surface area (Å²) in [6, 6.07) is 12.0. The molecule has 0 heterocycles. The van der Waals surface area contributed by atoms with Gasteiger partial charge in [0, 0.05) is 28.8 Å². The van der Waals surface area contributed by atoms with Crippen LogP contribution in [-0.4, -0.2) is 32.9 Å². The van der Waals surface area contributed by atoms with Gasteiger partial charge in [-0.3, -0.25) is 9.52 Å². The Morgan fingerprint density at radius 2 is 1.92 bits per heavy atom. The molecule has 1 amide bonds. The van der Waals surface area contributed by atoms with Crippen molar-refractivity contribution in [1.82, 2.24) is 5.32 Å². The smallest absolute Gasteiger partial charge is 0.252 e. The Morgan fingerprint density at radius 3 is 2.62 bits per heavy atom. The van der Waals surface area contributed by atoms with Gasteiger partial charge >= 0.3 is 0 Å². The Bertz CT molecular complexity index is 889. The number of benzene rings is 2. The fraction of sp³-hybridized carbons (Fsp3) is 0.235. The van der Waals surface area contributed by atoms with Gasteiger partial charge in [0.2, 0.25) is 10.0 Å². The Kier molecular flexibility index (Phi) is 7.64. The Morgan fingerprint density at radius 1 is 1.15 bits per heavy atom. The number of carbonyl (C=O) groups is 1. The SMILES string of the molecule is CS(=O)(=O)Nc1ccc(Cl)c(C(=O)NCCSCc2cccc(Cl)c2)c1. The van der Waals surface area contributed by atoms with Crippen LogP contribution in [-0.2, 0) is 15.8 Å². The number of sulfonamides is 1. The molecule has 0 saturated heterocycles. The van der Waals surface area contributed by atoms with E-state index < -0.39 is 10.0 Å². The third-order valence-corrected chi connectivity index (χ3v) is 5.41. The number of thioether (sulfide) groups is 1. The molecule has 140 valence electrons. The molecule has 0 unspecified atom stereocenters. The van der Waals surface area contributed by atoms with Gasteiger partial charge in [0.25, 0.3) is 5.91 Å². The second kappa shape index (κ2) is 9.50. The topological polar surface area (TPSA) is 75.3 Å². The maximum Gasteiger partial charge on any atom is 0.252 e. The first-order valence-electron chi connectivity index (χ1n) is 7.62. The molecule has 0 spiro atoms. The molecule has 2 aromatic rings.